The molecule has 1 aromatic rings. The van der Waals surface area contributed by atoms with E-state index in [-0.39, 0.29) is 23.8 Å². The van der Waals surface area contributed by atoms with Gasteiger partial charge in [-0.15, -0.1) is 0 Å². The average Bonchev–Trinajstić information content (AvgIpc) is 2.87. The van der Waals surface area contributed by atoms with Crippen molar-refractivity contribution in [2.75, 3.05) is 18.8 Å². The van der Waals surface area contributed by atoms with E-state index in [9.17, 15) is 9.59 Å². The van der Waals surface area contributed by atoms with Crippen LogP contribution in [0.25, 0.3) is 0 Å². The molecular weight excluding hydrogens is 266 g/mol. The molecule has 21 heavy (non-hydrogen) atoms. The maximum absolute atomic E-state index is 12.3. The zero-order valence-electron chi connectivity index (χ0n) is 12.6. The molecule has 1 heterocycles. The number of hydrogen-bond donors (Lipinski definition) is 2. The number of likely N-dealkylation sites (tertiary alicyclic amines) is 1. The van der Waals surface area contributed by atoms with Gasteiger partial charge in [-0.3, -0.25) is 9.59 Å². The van der Waals surface area contributed by atoms with Crippen LogP contribution in [0.15, 0.2) is 24.3 Å². The fourth-order valence-corrected chi connectivity index (χ4v) is 2.73. The molecule has 3 N–H and O–H groups in total. The largest absolute Gasteiger partial charge is 0.399 e. The number of amides is 2. The van der Waals surface area contributed by atoms with Crippen molar-refractivity contribution in [3.63, 3.8) is 0 Å². The number of hydrogen-bond acceptors (Lipinski definition) is 3. The Hall–Kier alpha value is -2.04. The predicted octanol–water partition coefficient (Wildman–Crippen LogP) is 1.50. The summed E-state index contributed by atoms with van der Waals surface area (Å²) in [6.45, 7) is 4.89. The van der Waals surface area contributed by atoms with Crippen molar-refractivity contribution in [1.29, 1.82) is 0 Å². The van der Waals surface area contributed by atoms with Gasteiger partial charge in [0.2, 0.25) is 11.8 Å². The first-order valence-corrected chi connectivity index (χ1v) is 7.36. The van der Waals surface area contributed by atoms with Gasteiger partial charge in [0.1, 0.15) is 0 Å². The monoisotopic (exact) mass is 289 g/mol. The molecule has 1 fully saturated rings. The van der Waals surface area contributed by atoms with Crippen LogP contribution in [-0.4, -0.2) is 35.8 Å². The molecule has 0 aromatic heterocycles. The molecule has 2 atom stereocenters. The molecule has 2 rings (SSSR count). The van der Waals surface area contributed by atoms with Crippen LogP contribution >= 0.6 is 0 Å². The number of benzene rings is 1. The number of nitrogen functional groups attached to an aromatic ring is 1. The van der Waals surface area contributed by atoms with E-state index in [1.807, 2.05) is 36.1 Å². The number of nitrogens with one attached hydrogen (secondary N) is 1. The maximum Gasteiger partial charge on any atom is 0.223 e. The molecule has 114 valence electrons. The van der Waals surface area contributed by atoms with E-state index in [0.29, 0.717) is 13.0 Å². The third-order valence-corrected chi connectivity index (χ3v) is 3.93. The Kier molecular flexibility index (Phi) is 4.83. The summed E-state index contributed by atoms with van der Waals surface area (Å²) in [6, 6.07) is 7.76. The van der Waals surface area contributed by atoms with Crippen molar-refractivity contribution in [1.82, 2.24) is 10.2 Å². The van der Waals surface area contributed by atoms with Crippen LogP contribution in [0.5, 0.6) is 0 Å². The molecule has 1 aliphatic heterocycles. The van der Waals surface area contributed by atoms with E-state index in [1.165, 1.54) is 6.92 Å². The zero-order valence-corrected chi connectivity index (χ0v) is 12.6. The molecule has 0 radical (unpaired) electrons. The number of carbonyl (C=O) groups is 2. The van der Waals surface area contributed by atoms with Gasteiger partial charge in [0.25, 0.3) is 0 Å². The van der Waals surface area contributed by atoms with Crippen LogP contribution in [0.4, 0.5) is 5.69 Å². The normalized spacial score (nSPS) is 19.3. The van der Waals surface area contributed by atoms with Gasteiger partial charge in [-0.1, -0.05) is 19.1 Å². The lowest BCUT2D eigenvalue weighted by atomic mass is 9.97. The summed E-state index contributed by atoms with van der Waals surface area (Å²) >= 11 is 0. The second-order valence-corrected chi connectivity index (χ2v) is 5.80. The second-order valence-electron chi connectivity index (χ2n) is 5.80. The van der Waals surface area contributed by atoms with Crippen molar-refractivity contribution in [3.8, 4) is 0 Å². The highest BCUT2D eigenvalue weighted by molar-refractivity contribution is 5.78. The molecule has 1 aromatic carbocycles. The summed E-state index contributed by atoms with van der Waals surface area (Å²) < 4.78 is 0. The van der Waals surface area contributed by atoms with Crippen LogP contribution in [0.1, 0.15) is 38.2 Å². The van der Waals surface area contributed by atoms with E-state index in [2.05, 4.69) is 5.32 Å². The minimum Gasteiger partial charge on any atom is -0.399 e. The summed E-state index contributed by atoms with van der Waals surface area (Å²) in [7, 11) is 0. The van der Waals surface area contributed by atoms with E-state index in [1.54, 1.807) is 0 Å². The minimum absolute atomic E-state index is 0.0375. The number of anilines is 1. The molecule has 5 nitrogen and oxygen atoms in total. The third-order valence-electron chi connectivity index (χ3n) is 3.93. The summed E-state index contributed by atoms with van der Waals surface area (Å²) in [5.41, 5.74) is 7.52. The third kappa shape index (κ3) is 4.21. The van der Waals surface area contributed by atoms with E-state index in [4.69, 9.17) is 5.73 Å². The van der Waals surface area contributed by atoms with Crippen LogP contribution in [0.2, 0.25) is 0 Å². The highest BCUT2D eigenvalue weighted by Crippen LogP contribution is 2.22. The van der Waals surface area contributed by atoms with E-state index >= 15 is 0 Å². The van der Waals surface area contributed by atoms with Crippen molar-refractivity contribution in [2.45, 2.75) is 38.6 Å². The number of rotatable bonds is 4. The van der Waals surface area contributed by atoms with Crippen molar-refractivity contribution in [2.24, 2.45) is 0 Å². The van der Waals surface area contributed by atoms with Crippen molar-refractivity contribution < 1.29 is 9.59 Å². The molecule has 1 aliphatic rings. The first-order chi connectivity index (χ1) is 9.95. The summed E-state index contributed by atoms with van der Waals surface area (Å²) in [6.07, 6.45) is 1.32. The summed E-state index contributed by atoms with van der Waals surface area (Å²) in [4.78, 5) is 25.2. The Labute approximate surface area is 125 Å². The van der Waals surface area contributed by atoms with Crippen LogP contribution in [-0.2, 0) is 9.59 Å². The Morgan fingerprint density at radius 2 is 2.05 bits per heavy atom. The smallest absolute Gasteiger partial charge is 0.223 e. The second kappa shape index (κ2) is 6.61. The lowest BCUT2D eigenvalue weighted by Gasteiger charge is -2.19. The van der Waals surface area contributed by atoms with Gasteiger partial charge < -0.3 is 16.0 Å². The molecule has 0 spiro atoms. The Bertz CT molecular complexity index is 513. The van der Waals surface area contributed by atoms with Gasteiger partial charge in [0, 0.05) is 38.2 Å². The van der Waals surface area contributed by atoms with Gasteiger partial charge in [-0.2, -0.15) is 0 Å². The van der Waals surface area contributed by atoms with Gasteiger partial charge in [-0.25, -0.2) is 0 Å². The highest BCUT2D eigenvalue weighted by Gasteiger charge is 2.27. The summed E-state index contributed by atoms with van der Waals surface area (Å²) in [5, 5.41) is 2.87. The maximum atomic E-state index is 12.3. The molecule has 2 amide bonds. The lowest BCUT2D eigenvalue weighted by Crippen LogP contribution is -2.37. The number of carbonyl (C=O) groups excluding carboxylic acids is 2. The standard InChI is InChI=1S/C16H23N3O2/c1-11(13-3-5-14(17)6-4-13)9-16(21)19-8-7-15(10-19)18-12(2)20/h3-6,11,15H,7-10,17H2,1-2H3,(H,18,20). The predicted molar refractivity (Wildman–Crippen MR) is 82.7 cm³/mol. The molecule has 5 heteroatoms. The lowest BCUT2D eigenvalue weighted by molar-refractivity contribution is -0.130. The van der Waals surface area contributed by atoms with Gasteiger partial charge in [-0.05, 0) is 30.0 Å². The van der Waals surface area contributed by atoms with Gasteiger partial charge in [0.05, 0.1) is 0 Å². The SMILES string of the molecule is CC(=O)NC1CCN(C(=O)CC(C)c2ccc(N)cc2)C1. The first kappa shape index (κ1) is 15.4. The fraction of sp³-hybridized carbons (Fsp3) is 0.500. The molecule has 2 unspecified atom stereocenters. The quantitative estimate of drug-likeness (QED) is 0.825. The topological polar surface area (TPSA) is 75.4 Å². The molecule has 0 saturated carbocycles. The Morgan fingerprint density at radius 1 is 1.38 bits per heavy atom. The van der Waals surface area contributed by atoms with Crippen LogP contribution in [0, 0.1) is 0 Å². The summed E-state index contributed by atoms with van der Waals surface area (Å²) in [5.74, 6) is 0.273. The molecule has 1 saturated heterocycles. The van der Waals surface area contributed by atoms with Gasteiger partial charge in [0.15, 0.2) is 0 Å². The van der Waals surface area contributed by atoms with Crippen LogP contribution in [0.3, 0.4) is 0 Å². The number of nitrogens with zero attached hydrogens (tertiary/aromatic N) is 1. The Balaban J connectivity index is 1.87. The minimum atomic E-state index is -0.0375. The molecule has 0 bridgehead atoms. The van der Waals surface area contributed by atoms with E-state index < -0.39 is 0 Å². The first-order valence-electron chi connectivity index (χ1n) is 7.36. The molecule has 0 aliphatic carbocycles. The van der Waals surface area contributed by atoms with E-state index in [0.717, 1.165) is 24.2 Å². The number of nitrogens with two attached hydrogens (primary N) is 1. The highest BCUT2D eigenvalue weighted by atomic mass is 16.2. The average molecular weight is 289 g/mol. The van der Waals surface area contributed by atoms with Crippen molar-refractivity contribution >= 4 is 17.5 Å². The van der Waals surface area contributed by atoms with Crippen molar-refractivity contribution in [3.05, 3.63) is 29.8 Å². The molecular formula is C16H23N3O2. The van der Waals surface area contributed by atoms with Gasteiger partial charge >= 0.3 is 0 Å². The van der Waals surface area contributed by atoms with Crippen LogP contribution < -0.4 is 11.1 Å². The Morgan fingerprint density at radius 3 is 2.67 bits per heavy atom. The fourth-order valence-electron chi connectivity index (χ4n) is 2.73. The zero-order chi connectivity index (χ0) is 15.4.